The molecule has 0 bridgehead atoms. The molecule has 1 aliphatic heterocycles. The standard InChI is InChI=1S/C13H26N2O2/c1-6-7-11-8-14-10(2)9-15(11)12(16)17-13(3,4)5/h10-11,14H,6-9H2,1-5H3/t10-,11+/m0/s1. The average molecular weight is 242 g/mol. The number of hydrogen-bond donors (Lipinski definition) is 1. The van der Waals surface area contributed by atoms with Crippen LogP contribution >= 0.6 is 0 Å². The van der Waals surface area contributed by atoms with E-state index in [9.17, 15) is 4.79 Å². The molecule has 0 aromatic carbocycles. The molecule has 2 atom stereocenters. The molecule has 0 aliphatic carbocycles. The molecule has 0 spiro atoms. The lowest BCUT2D eigenvalue weighted by Gasteiger charge is -2.39. The van der Waals surface area contributed by atoms with Crippen LogP contribution in [0.4, 0.5) is 4.79 Å². The Balaban J connectivity index is 2.65. The normalized spacial score (nSPS) is 25.8. The van der Waals surface area contributed by atoms with Crippen LogP contribution in [0.2, 0.25) is 0 Å². The lowest BCUT2D eigenvalue weighted by atomic mass is 10.1. The third-order valence-corrected chi connectivity index (χ3v) is 2.86. The van der Waals surface area contributed by atoms with Gasteiger partial charge in [0.1, 0.15) is 5.60 Å². The summed E-state index contributed by atoms with van der Waals surface area (Å²) in [7, 11) is 0. The van der Waals surface area contributed by atoms with Crippen LogP contribution in [0.3, 0.4) is 0 Å². The molecule has 100 valence electrons. The van der Waals surface area contributed by atoms with E-state index in [4.69, 9.17) is 4.74 Å². The summed E-state index contributed by atoms with van der Waals surface area (Å²) in [5, 5.41) is 3.42. The van der Waals surface area contributed by atoms with Crippen molar-refractivity contribution in [3.63, 3.8) is 0 Å². The van der Waals surface area contributed by atoms with Crippen LogP contribution in [0, 0.1) is 0 Å². The fourth-order valence-corrected chi connectivity index (χ4v) is 2.09. The van der Waals surface area contributed by atoms with E-state index in [0.29, 0.717) is 6.04 Å². The first kappa shape index (κ1) is 14.3. The molecule has 0 aromatic rings. The minimum absolute atomic E-state index is 0.177. The second kappa shape index (κ2) is 5.71. The largest absolute Gasteiger partial charge is 0.444 e. The van der Waals surface area contributed by atoms with Gasteiger partial charge in [0.05, 0.1) is 0 Å². The van der Waals surface area contributed by atoms with Gasteiger partial charge in [-0.05, 0) is 34.1 Å². The predicted octanol–water partition coefficient (Wildman–Crippen LogP) is 2.38. The SMILES string of the molecule is CCC[C@@H]1CN[C@@H](C)CN1C(=O)OC(C)(C)C. The Morgan fingerprint density at radius 2 is 2.12 bits per heavy atom. The molecule has 0 radical (unpaired) electrons. The maximum atomic E-state index is 12.1. The first-order chi connectivity index (χ1) is 7.83. The second-order valence-corrected chi connectivity index (χ2v) is 5.88. The number of hydrogen-bond acceptors (Lipinski definition) is 3. The minimum atomic E-state index is -0.415. The minimum Gasteiger partial charge on any atom is -0.444 e. The van der Waals surface area contributed by atoms with Crippen molar-refractivity contribution in [1.82, 2.24) is 10.2 Å². The van der Waals surface area contributed by atoms with Gasteiger partial charge in [-0.1, -0.05) is 13.3 Å². The van der Waals surface area contributed by atoms with Gasteiger partial charge in [0, 0.05) is 25.2 Å². The first-order valence-electron chi connectivity index (χ1n) is 6.56. The van der Waals surface area contributed by atoms with E-state index in [1.807, 2.05) is 25.7 Å². The predicted molar refractivity (Wildman–Crippen MR) is 69.1 cm³/mol. The number of amides is 1. The third-order valence-electron chi connectivity index (χ3n) is 2.86. The Kier molecular flexibility index (Phi) is 4.80. The highest BCUT2D eigenvalue weighted by atomic mass is 16.6. The average Bonchev–Trinajstić information content (AvgIpc) is 2.18. The summed E-state index contributed by atoms with van der Waals surface area (Å²) in [4.78, 5) is 14.0. The third kappa shape index (κ3) is 4.54. The summed E-state index contributed by atoms with van der Waals surface area (Å²) >= 11 is 0. The number of carbonyl (C=O) groups excluding carboxylic acids is 1. The highest BCUT2D eigenvalue weighted by Crippen LogP contribution is 2.17. The van der Waals surface area contributed by atoms with E-state index in [1.165, 1.54) is 0 Å². The van der Waals surface area contributed by atoms with Crippen molar-refractivity contribution in [3.8, 4) is 0 Å². The first-order valence-corrected chi connectivity index (χ1v) is 6.56. The topological polar surface area (TPSA) is 41.6 Å². The van der Waals surface area contributed by atoms with Crippen molar-refractivity contribution < 1.29 is 9.53 Å². The van der Waals surface area contributed by atoms with Gasteiger partial charge in [0.2, 0.25) is 0 Å². The molecule has 1 rings (SSSR count). The summed E-state index contributed by atoms with van der Waals surface area (Å²) in [5.41, 5.74) is -0.415. The Labute approximate surface area is 105 Å². The van der Waals surface area contributed by atoms with Crippen LogP contribution in [0.25, 0.3) is 0 Å². The molecule has 1 amide bonds. The zero-order chi connectivity index (χ0) is 13.1. The molecule has 0 saturated carbocycles. The molecule has 1 N–H and O–H groups in total. The van der Waals surface area contributed by atoms with Crippen molar-refractivity contribution in [2.75, 3.05) is 13.1 Å². The Morgan fingerprint density at radius 3 is 2.65 bits per heavy atom. The maximum Gasteiger partial charge on any atom is 0.410 e. The molecule has 17 heavy (non-hydrogen) atoms. The second-order valence-electron chi connectivity index (χ2n) is 5.88. The molecule has 0 aromatic heterocycles. The summed E-state index contributed by atoms with van der Waals surface area (Å²) in [5.74, 6) is 0. The molecule has 4 heteroatoms. The van der Waals surface area contributed by atoms with Gasteiger partial charge in [0.15, 0.2) is 0 Å². The van der Waals surface area contributed by atoms with E-state index >= 15 is 0 Å². The smallest absolute Gasteiger partial charge is 0.410 e. The van der Waals surface area contributed by atoms with Crippen LogP contribution in [0.15, 0.2) is 0 Å². The van der Waals surface area contributed by atoms with E-state index < -0.39 is 5.60 Å². The fraction of sp³-hybridized carbons (Fsp3) is 0.923. The van der Waals surface area contributed by atoms with Crippen molar-refractivity contribution in [2.24, 2.45) is 0 Å². The zero-order valence-corrected chi connectivity index (χ0v) is 11.7. The molecule has 1 fully saturated rings. The van der Waals surface area contributed by atoms with Crippen molar-refractivity contribution in [3.05, 3.63) is 0 Å². The van der Waals surface area contributed by atoms with E-state index in [0.717, 1.165) is 25.9 Å². The van der Waals surface area contributed by atoms with Gasteiger partial charge in [0.25, 0.3) is 0 Å². The number of carbonyl (C=O) groups is 1. The Morgan fingerprint density at radius 1 is 1.47 bits per heavy atom. The number of ether oxygens (including phenoxy) is 1. The molecule has 1 heterocycles. The van der Waals surface area contributed by atoms with Crippen LogP contribution in [0.1, 0.15) is 47.5 Å². The highest BCUT2D eigenvalue weighted by molar-refractivity contribution is 5.68. The van der Waals surface area contributed by atoms with E-state index in [2.05, 4.69) is 19.2 Å². The van der Waals surface area contributed by atoms with Crippen molar-refractivity contribution in [1.29, 1.82) is 0 Å². The van der Waals surface area contributed by atoms with Gasteiger partial charge in [-0.2, -0.15) is 0 Å². The molecular weight excluding hydrogens is 216 g/mol. The monoisotopic (exact) mass is 242 g/mol. The zero-order valence-electron chi connectivity index (χ0n) is 11.7. The number of nitrogens with one attached hydrogen (secondary N) is 1. The van der Waals surface area contributed by atoms with Crippen molar-refractivity contribution >= 4 is 6.09 Å². The van der Waals surface area contributed by atoms with Gasteiger partial charge in [-0.25, -0.2) is 4.79 Å². The van der Waals surface area contributed by atoms with Crippen LogP contribution in [0.5, 0.6) is 0 Å². The fourth-order valence-electron chi connectivity index (χ4n) is 2.09. The van der Waals surface area contributed by atoms with Crippen LogP contribution in [-0.2, 0) is 4.74 Å². The van der Waals surface area contributed by atoms with E-state index in [1.54, 1.807) is 0 Å². The van der Waals surface area contributed by atoms with E-state index in [-0.39, 0.29) is 12.1 Å². The van der Waals surface area contributed by atoms with Gasteiger partial charge in [-0.15, -0.1) is 0 Å². The molecule has 1 saturated heterocycles. The van der Waals surface area contributed by atoms with Crippen LogP contribution in [-0.4, -0.2) is 41.8 Å². The molecular formula is C13H26N2O2. The van der Waals surface area contributed by atoms with Gasteiger partial charge in [-0.3, -0.25) is 0 Å². The van der Waals surface area contributed by atoms with Gasteiger partial charge < -0.3 is 15.0 Å². The lowest BCUT2D eigenvalue weighted by molar-refractivity contribution is 0.00717. The number of piperazine rings is 1. The maximum absolute atomic E-state index is 12.1. The highest BCUT2D eigenvalue weighted by Gasteiger charge is 2.31. The quantitative estimate of drug-likeness (QED) is 0.808. The summed E-state index contributed by atoms with van der Waals surface area (Å²) in [6, 6.07) is 0.613. The summed E-state index contributed by atoms with van der Waals surface area (Å²) < 4.78 is 5.46. The van der Waals surface area contributed by atoms with Crippen molar-refractivity contribution in [2.45, 2.75) is 65.1 Å². The summed E-state index contributed by atoms with van der Waals surface area (Å²) in [6.45, 7) is 11.6. The number of rotatable bonds is 2. The molecule has 1 aliphatic rings. The molecule has 0 unspecified atom stereocenters. The number of nitrogens with zero attached hydrogens (tertiary/aromatic N) is 1. The summed E-state index contributed by atoms with van der Waals surface area (Å²) in [6.07, 6.45) is 1.93. The lowest BCUT2D eigenvalue weighted by Crippen LogP contribution is -2.58. The van der Waals surface area contributed by atoms with Crippen LogP contribution < -0.4 is 5.32 Å². The Hall–Kier alpha value is -0.770. The molecule has 4 nitrogen and oxygen atoms in total. The Bertz CT molecular complexity index is 261. The van der Waals surface area contributed by atoms with Gasteiger partial charge >= 0.3 is 6.09 Å².